The van der Waals surface area contributed by atoms with E-state index in [0.29, 0.717) is 17.0 Å². The normalized spacial score (nSPS) is 10.6. The monoisotopic (exact) mass is 490 g/mol. The van der Waals surface area contributed by atoms with E-state index in [1.54, 1.807) is 29.5 Å². The Bertz CT molecular complexity index is 1040. The highest BCUT2D eigenvalue weighted by Crippen LogP contribution is 2.27. The third-order valence-corrected chi connectivity index (χ3v) is 6.37. The Morgan fingerprint density at radius 1 is 1.21 bits per heavy atom. The highest BCUT2D eigenvalue weighted by Gasteiger charge is 2.15. The Labute approximate surface area is 186 Å². The summed E-state index contributed by atoms with van der Waals surface area (Å²) < 4.78 is 6.17. The minimum atomic E-state index is -0.523. The first kappa shape index (κ1) is 21.5. The number of nitrogens with one attached hydrogen (secondary N) is 1. The maximum atomic E-state index is 12.5. The van der Waals surface area contributed by atoms with Crippen LogP contribution in [-0.4, -0.2) is 23.5 Å². The van der Waals surface area contributed by atoms with Gasteiger partial charge in [0.1, 0.15) is 0 Å². The summed E-state index contributed by atoms with van der Waals surface area (Å²) in [5.41, 5.74) is 3.02. The average molecular weight is 491 g/mol. The Morgan fingerprint density at radius 2 is 2.00 bits per heavy atom. The lowest BCUT2D eigenvalue weighted by Gasteiger charge is -2.11. The predicted molar refractivity (Wildman–Crippen MR) is 121 cm³/mol. The molecule has 0 spiro atoms. The number of carbonyl (C=O) groups excluding carboxylic acids is 2. The molecule has 0 fully saturated rings. The van der Waals surface area contributed by atoms with Gasteiger partial charge in [0.15, 0.2) is 6.61 Å². The standard InChI is InChI=1S/C21H19BrN2O3S2/c1-13-9-15(22)7-8-18(13)24-20(25)10-27-21(26)17-5-3-4-6-19(17)29-12-16-11-28-14(2)23-16/h3-9,11H,10,12H2,1-2H3,(H,24,25). The second-order valence-electron chi connectivity index (χ2n) is 6.23. The molecular weight excluding hydrogens is 472 g/mol. The molecule has 2 aromatic carbocycles. The number of aromatic nitrogens is 1. The Balaban J connectivity index is 1.58. The van der Waals surface area contributed by atoms with Gasteiger partial charge in [-0.2, -0.15) is 0 Å². The fourth-order valence-corrected chi connectivity index (χ4v) is 4.68. The molecule has 0 radical (unpaired) electrons. The number of nitrogens with zero attached hydrogens (tertiary/aromatic N) is 1. The van der Waals surface area contributed by atoms with Crippen LogP contribution >= 0.6 is 39.0 Å². The van der Waals surface area contributed by atoms with E-state index in [0.717, 1.165) is 25.6 Å². The summed E-state index contributed by atoms with van der Waals surface area (Å²) in [4.78, 5) is 29.9. The third-order valence-electron chi connectivity index (χ3n) is 3.95. The molecule has 29 heavy (non-hydrogen) atoms. The van der Waals surface area contributed by atoms with Crippen LogP contribution in [0.3, 0.4) is 0 Å². The SMILES string of the molecule is Cc1nc(CSc2ccccc2C(=O)OCC(=O)Nc2ccc(Br)cc2C)cs1. The fraction of sp³-hybridized carbons (Fsp3) is 0.190. The number of amides is 1. The summed E-state index contributed by atoms with van der Waals surface area (Å²) in [5, 5.41) is 5.78. The van der Waals surface area contributed by atoms with Gasteiger partial charge in [-0.15, -0.1) is 23.1 Å². The lowest BCUT2D eigenvalue weighted by molar-refractivity contribution is -0.119. The van der Waals surface area contributed by atoms with Gasteiger partial charge >= 0.3 is 5.97 Å². The third kappa shape index (κ3) is 6.16. The van der Waals surface area contributed by atoms with Crippen LogP contribution in [0.4, 0.5) is 5.69 Å². The van der Waals surface area contributed by atoms with Crippen molar-refractivity contribution in [1.29, 1.82) is 0 Å². The van der Waals surface area contributed by atoms with Crippen molar-refractivity contribution in [2.24, 2.45) is 0 Å². The molecule has 8 heteroatoms. The van der Waals surface area contributed by atoms with Crippen LogP contribution in [0.5, 0.6) is 0 Å². The van der Waals surface area contributed by atoms with E-state index in [9.17, 15) is 9.59 Å². The summed E-state index contributed by atoms with van der Waals surface area (Å²) in [6, 6.07) is 12.8. The summed E-state index contributed by atoms with van der Waals surface area (Å²) in [7, 11) is 0. The summed E-state index contributed by atoms with van der Waals surface area (Å²) >= 11 is 6.51. The molecule has 3 aromatic rings. The van der Waals surface area contributed by atoms with Gasteiger partial charge in [-0.1, -0.05) is 28.1 Å². The maximum Gasteiger partial charge on any atom is 0.339 e. The minimum absolute atomic E-state index is 0.349. The summed E-state index contributed by atoms with van der Waals surface area (Å²) in [5.74, 6) is -0.241. The van der Waals surface area contributed by atoms with Crippen LogP contribution in [-0.2, 0) is 15.3 Å². The molecule has 1 amide bonds. The highest BCUT2D eigenvalue weighted by atomic mass is 79.9. The largest absolute Gasteiger partial charge is 0.452 e. The van der Waals surface area contributed by atoms with E-state index >= 15 is 0 Å². The zero-order chi connectivity index (χ0) is 20.8. The molecule has 0 bridgehead atoms. The molecule has 1 N–H and O–H groups in total. The van der Waals surface area contributed by atoms with Gasteiger partial charge in [-0.3, -0.25) is 4.79 Å². The van der Waals surface area contributed by atoms with E-state index in [1.807, 2.05) is 43.5 Å². The molecule has 0 atom stereocenters. The first-order valence-electron chi connectivity index (χ1n) is 8.78. The summed E-state index contributed by atoms with van der Waals surface area (Å²) in [6.45, 7) is 3.51. The minimum Gasteiger partial charge on any atom is -0.452 e. The Morgan fingerprint density at radius 3 is 2.72 bits per heavy atom. The number of anilines is 1. The molecule has 150 valence electrons. The number of hydrogen-bond donors (Lipinski definition) is 1. The quantitative estimate of drug-likeness (QED) is 0.344. The molecule has 0 aliphatic carbocycles. The first-order chi connectivity index (χ1) is 13.9. The second kappa shape index (κ2) is 10.0. The highest BCUT2D eigenvalue weighted by molar-refractivity contribution is 9.10. The van der Waals surface area contributed by atoms with Crippen molar-refractivity contribution in [3.63, 3.8) is 0 Å². The van der Waals surface area contributed by atoms with Gasteiger partial charge in [0.2, 0.25) is 0 Å². The molecule has 0 saturated heterocycles. The van der Waals surface area contributed by atoms with E-state index < -0.39 is 5.97 Å². The average Bonchev–Trinajstić information content (AvgIpc) is 3.12. The predicted octanol–water partition coefficient (Wildman–Crippen LogP) is 5.61. The fourth-order valence-electron chi connectivity index (χ4n) is 2.55. The van der Waals surface area contributed by atoms with Gasteiger partial charge in [0.05, 0.1) is 16.3 Å². The number of thioether (sulfide) groups is 1. The Hall–Kier alpha value is -2.16. The van der Waals surface area contributed by atoms with Crippen molar-refractivity contribution in [2.45, 2.75) is 24.5 Å². The zero-order valence-corrected chi connectivity index (χ0v) is 19.1. The van der Waals surface area contributed by atoms with E-state index in [4.69, 9.17) is 4.74 Å². The number of thiazole rings is 1. The number of rotatable bonds is 7. The van der Waals surface area contributed by atoms with Crippen molar-refractivity contribution in [3.05, 3.63) is 74.1 Å². The maximum absolute atomic E-state index is 12.5. The number of esters is 1. The summed E-state index contributed by atoms with van der Waals surface area (Å²) in [6.07, 6.45) is 0. The van der Waals surface area contributed by atoms with Gasteiger partial charge < -0.3 is 10.1 Å². The lowest BCUT2D eigenvalue weighted by atomic mass is 10.2. The molecule has 0 unspecified atom stereocenters. The lowest BCUT2D eigenvalue weighted by Crippen LogP contribution is -2.21. The van der Waals surface area contributed by atoms with Crippen LogP contribution in [0, 0.1) is 13.8 Å². The molecule has 5 nitrogen and oxygen atoms in total. The smallest absolute Gasteiger partial charge is 0.339 e. The molecular formula is C21H19BrN2O3S2. The van der Waals surface area contributed by atoms with Crippen molar-refractivity contribution in [3.8, 4) is 0 Å². The first-order valence-corrected chi connectivity index (χ1v) is 11.4. The van der Waals surface area contributed by atoms with Crippen LogP contribution in [0.1, 0.15) is 26.6 Å². The van der Waals surface area contributed by atoms with E-state index in [-0.39, 0.29) is 12.5 Å². The second-order valence-corrected chi connectivity index (χ2v) is 9.22. The number of carbonyl (C=O) groups is 2. The van der Waals surface area contributed by atoms with Gasteiger partial charge in [-0.25, -0.2) is 9.78 Å². The van der Waals surface area contributed by atoms with Crippen LogP contribution < -0.4 is 5.32 Å². The van der Waals surface area contributed by atoms with Crippen molar-refractivity contribution in [2.75, 3.05) is 11.9 Å². The van der Waals surface area contributed by atoms with Gasteiger partial charge in [0, 0.05) is 26.2 Å². The van der Waals surface area contributed by atoms with E-state index in [2.05, 4.69) is 26.2 Å². The van der Waals surface area contributed by atoms with Crippen LogP contribution in [0.25, 0.3) is 0 Å². The molecule has 1 heterocycles. The van der Waals surface area contributed by atoms with Crippen LogP contribution in [0.15, 0.2) is 57.2 Å². The number of ether oxygens (including phenoxy) is 1. The molecule has 3 rings (SSSR count). The Kier molecular flexibility index (Phi) is 7.46. The van der Waals surface area contributed by atoms with Gasteiger partial charge in [-0.05, 0) is 49.7 Å². The number of aryl methyl sites for hydroxylation is 2. The van der Waals surface area contributed by atoms with E-state index in [1.165, 1.54) is 11.8 Å². The van der Waals surface area contributed by atoms with Crippen molar-refractivity contribution < 1.29 is 14.3 Å². The van der Waals surface area contributed by atoms with Crippen LogP contribution in [0.2, 0.25) is 0 Å². The van der Waals surface area contributed by atoms with Gasteiger partial charge in [0.25, 0.3) is 5.91 Å². The van der Waals surface area contributed by atoms with Crippen molar-refractivity contribution >= 4 is 56.6 Å². The van der Waals surface area contributed by atoms with Crippen molar-refractivity contribution in [1.82, 2.24) is 4.98 Å². The molecule has 0 aliphatic rings. The number of benzene rings is 2. The zero-order valence-electron chi connectivity index (χ0n) is 15.9. The molecule has 1 aromatic heterocycles. The topological polar surface area (TPSA) is 68.3 Å². The molecule has 0 saturated carbocycles. The number of halogens is 1. The molecule has 0 aliphatic heterocycles. The number of hydrogen-bond acceptors (Lipinski definition) is 6.